The third-order valence-electron chi connectivity index (χ3n) is 11.3. The van der Waals surface area contributed by atoms with Gasteiger partial charge in [0.05, 0.1) is 6.61 Å². The first-order valence-electron chi connectivity index (χ1n) is 15.6. The van der Waals surface area contributed by atoms with E-state index in [1.807, 2.05) is 13.8 Å². The van der Waals surface area contributed by atoms with E-state index in [0.29, 0.717) is 17.8 Å². The zero-order valence-electron chi connectivity index (χ0n) is 25.9. The van der Waals surface area contributed by atoms with Crippen molar-refractivity contribution in [1.29, 1.82) is 0 Å². The van der Waals surface area contributed by atoms with Gasteiger partial charge in [0.1, 0.15) is 18.3 Å². The van der Waals surface area contributed by atoms with Gasteiger partial charge in [-0.3, -0.25) is 19.2 Å². The van der Waals surface area contributed by atoms with Crippen molar-refractivity contribution >= 4 is 23.7 Å². The van der Waals surface area contributed by atoms with Crippen molar-refractivity contribution in [2.75, 3.05) is 6.61 Å². The molecule has 230 valence electrons. The lowest BCUT2D eigenvalue weighted by molar-refractivity contribution is -0.154. The summed E-state index contributed by atoms with van der Waals surface area (Å²) in [5.74, 6) is -0.769. The number of fused-ring (bicyclic) bond motifs is 5. The summed E-state index contributed by atoms with van der Waals surface area (Å²) in [5.41, 5.74) is 1.28. The maximum Gasteiger partial charge on any atom is 0.302 e. The van der Waals surface area contributed by atoms with Gasteiger partial charge in [-0.05, 0) is 79.4 Å². The Kier molecular flexibility index (Phi) is 9.42. The number of aliphatic hydroxyl groups excluding tert-OH is 1. The Morgan fingerprint density at radius 3 is 2.29 bits per heavy atom. The monoisotopic (exact) mass is 574 g/mol. The minimum atomic E-state index is -1.17. The van der Waals surface area contributed by atoms with E-state index >= 15 is 0 Å². The normalized spacial score (nSPS) is 38.2. The van der Waals surface area contributed by atoms with Crippen LogP contribution in [0.25, 0.3) is 0 Å². The van der Waals surface area contributed by atoms with Crippen LogP contribution in [0.2, 0.25) is 0 Å². The first-order valence-corrected chi connectivity index (χ1v) is 15.6. The number of carbonyl (C=O) groups excluding carboxylic acids is 4. The lowest BCUT2D eigenvalue weighted by Gasteiger charge is -2.58. The minimum absolute atomic E-state index is 0.0449. The Hall–Kier alpha value is -2.22. The molecule has 8 heteroatoms. The van der Waals surface area contributed by atoms with Gasteiger partial charge in [0.2, 0.25) is 0 Å². The van der Waals surface area contributed by atoms with Gasteiger partial charge in [0.15, 0.2) is 5.78 Å². The largest absolute Gasteiger partial charge is 0.466 e. The van der Waals surface area contributed by atoms with Crippen LogP contribution in [0, 0.1) is 46.3 Å². The lowest BCUT2D eigenvalue weighted by Crippen LogP contribution is -2.52. The molecule has 41 heavy (non-hydrogen) atoms. The van der Waals surface area contributed by atoms with E-state index in [1.165, 1.54) is 26.3 Å². The molecule has 0 heterocycles. The first-order chi connectivity index (χ1) is 19.2. The second-order valence-electron chi connectivity index (χ2n) is 14.0. The molecule has 0 saturated heterocycles. The summed E-state index contributed by atoms with van der Waals surface area (Å²) in [7, 11) is 0. The molecule has 0 spiro atoms. The van der Waals surface area contributed by atoms with Crippen molar-refractivity contribution < 1.29 is 38.5 Å². The van der Waals surface area contributed by atoms with Gasteiger partial charge >= 0.3 is 17.9 Å². The summed E-state index contributed by atoms with van der Waals surface area (Å²) in [5, 5.41) is 10.9. The van der Waals surface area contributed by atoms with E-state index in [9.17, 15) is 24.3 Å². The number of esters is 3. The molecule has 11 atom stereocenters. The number of hydrogen-bond donors (Lipinski definition) is 1. The molecule has 0 unspecified atom stereocenters. The van der Waals surface area contributed by atoms with Crippen molar-refractivity contribution in [3.8, 4) is 0 Å². The lowest BCUT2D eigenvalue weighted by atomic mass is 9.47. The zero-order chi connectivity index (χ0) is 30.3. The molecule has 0 radical (unpaired) electrons. The molecule has 0 aromatic heterocycles. The smallest absolute Gasteiger partial charge is 0.302 e. The predicted molar refractivity (Wildman–Crippen MR) is 152 cm³/mol. The average Bonchev–Trinajstić information content (AvgIpc) is 3.17. The number of Topliss-reactive ketones (excluding diaryl/α,β-unsaturated/α-hetero) is 1. The summed E-state index contributed by atoms with van der Waals surface area (Å²) >= 11 is 0. The fourth-order valence-corrected chi connectivity index (χ4v) is 9.52. The van der Waals surface area contributed by atoms with E-state index in [2.05, 4.69) is 19.9 Å². The van der Waals surface area contributed by atoms with Gasteiger partial charge in [0, 0.05) is 39.0 Å². The van der Waals surface area contributed by atoms with Crippen LogP contribution in [-0.2, 0) is 33.4 Å². The molecule has 0 amide bonds. The summed E-state index contributed by atoms with van der Waals surface area (Å²) in [4.78, 5) is 48.7. The fraction of sp³-hybridized carbons (Fsp3) is 0.818. The number of aliphatic hydroxyl groups is 1. The van der Waals surface area contributed by atoms with Crippen LogP contribution in [0.3, 0.4) is 0 Å². The molecule has 4 aliphatic rings. The number of rotatable bonds is 9. The van der Waals surface area contributed by atoms with Gasteiger partial charge in [-0.15, -0.1) is 0 Å². The Morgan fingerprint density at radius 2 is 1.66 bits per heavy atom. The molecule has 3 saturated carbocycles. The Bertz CT molecular complexity index is 1070. The Morgan fingerprint density at radius 1 is 0.976 bits per heavy atom. The van der Waals surface area contributed by atoms with Crippen molar-refractivity contribution in [1.82, 2.24) is 0 Å². The van der Waals surface area contributed by atoms with Crippen LogP contribution >= 0.6 is 0 Å². The van der Waals surface area contributed by atoms with Crippen molar-refractivity contribution in [3.05, 3.63) is 11.6 Å². The molecular formula is C33H50O8. The molecule has 8 nitrogen and oxygen atoms in total. The highest BCUT2D eigenvalue weighted by molar-refractivity contribution is 5.85. The highest BCUT2D eigenvalue weighted by atomic mass is 16.5. The molecule has 4 rings (SSSR count). The predicted octanol–water partition coefficient (Wildman–Crippen LogP) is 5.19. The SMILES string of the molecule is CC(=O)OC[C@H](C)C[C@H](O)C(=O)[C@@H](C)[C@H]1[C@@H](OC(C)=O)C[C@H]2[C@@H]3CC=C4C[C@@H](OC(C)=O)CC[C@]4(C)[C@H]3CC[C@]12C. The van der Waals surface area contributed by atoms with Crippen LogP contribution in [0.4, 0.5) is 0 Å². The maximum atomic E-state index is 13.6. The van der Waals surface area contributed by atoms with E-state index in [4.69, 9.17) is 14.2 Å². The second kappa shape index (κ2) is 12.2. The van der Waals surface area contributed by atoms with E-state index in [0.717, 1.165) is 44.9 Å². The van der Waals surface area contributed by atoms with Gasteiger partial charge in [-0.25, -0.2) is 0 Å². The summed E-state index contributed by atoms with van der Waals surface area (Å²) in [6, 6.07) is 0. The standard InChI is InChI=1S/C33H50O8/c1-18(17-39-20(3)34)14-28(37)31(38)19(2)30-29(41-22(5)36)16-27-25-9-8-23-15-24(40-21(4)35)10-12-32(23,6)26(25)11-13-33(27,30)7/h8,18-19,24-30,37H,9-17H2,1-7H3/t18-,19+,24+,25-,26+,27+,28+,29+,30+,32+,33+/m1/s1. The van der Waals surface area contributed by atoms with Crippen LogP contribution in [0.5, 0.6) is 0 Å². The van der Waals surface area contributed by atoms with E-state index in [1.54, 1.807) is 0 Å². The second-order valence-corrected chi connectivity index (χ2v) is 14.0. The fourth-order valence-electron chi connectivity index (χ4n) is 9.52. The number of hydrogen-bond acceptors (Lipinski definition) is 8. The summed E-state index contributed by atoms with van der Waals surface area (Å²) < 4.78 is 16.6. The Labute approximate surface area is 244 Å². The molecule has 0 aliphatic heterocycles. The molecule has 4 aliphatic carbocycles. The van der Waals surface area contributed by atoms with Crippen molar-refractivity contribution in [3.63, 3.8) is 0 Å². The number of ether oxygens (including phenoxy) is 3. The van der Waals surface area contributed by atoms with Crippen LogP contribution in [0.1, 0.15) is 99.8 Å². The van der Waals surface area contributed by atoms with Gasteiger partial charge in [-0.2, -0.15) is 0 Å². The molecule has 0 aromatic carbocycles. The molecule has 3 fully saturated rings. The van der Waals surface area contributed by atoms with Crippen LogP contribution in [0.15, 0.2) is 11.6 Å². The number of allylic oxidation sites excluding steroid dienone is 1. The quantitative estimate of drug-likeness (QED) is 0.227. The minimum Gasteiger partial charge on any atom is -0.466 e. The molecule has 1 N–H and O–H groups in total. The highest BCUT2D eigenvalue weighted by Crippen LogP contribution is 2.67. The molecule has 0 bridgehead atoms. The van der Waals surface area contributed by atoms with Crippen molar-refractivity contribution in [2.45, 2.75) is 118 Å². The third-order valence-corrected chi connectivity index (χ3v) is 11.3. The summed E-state index contributed by atoms with van der Waals surface area (Å²) in [6.07, 6.45) is 7.34. The van der Waals surface area contributed by atoms with Crippen molar-refractivity contribution in [2.24, 2.45) is 46.3 Å². The number of carbonyl (C=O) groups is 4. The average molecular weight is 575 g/mol. The Balaban J connectivity index is 1.55. The third kappa shape index (κ3) is 6.28. The maximum absolute atomic E-state index is 13.6. The highest BCUT2D eigenvalue weighted by Gasteiger charge is 2.63. The first kappa shape index (κ1) is 31.7. The van der Waals surface area contributed by atoms with Gasteiger partial charge in [0.25, 0.3) is 0 Å². The van der Waals surface area contributed by atoms with E-state index < -0.39 is 12.0 Å². The van der Waals surface area contributed by atoms with Crippen LogP contribution in [-0.4, -0.2) is 53.7 Å². The molecule has 0 aromatic rings. The van der Waals surface area contributed by atoms with Crippen LogP contribution < -0.4 is 0 Å². The van der Waals surface area contributed by atoms with E-state index in [-0.39, 0.29) is 71.6 Å². The van der Waals surface area contributed by atoms with Gasteiger partial charge < -0.3 is 19.3 Å². The zero-order valence-corrected chi connectivity index (χ0v) is 25.9. The number of ketones is 1. The summed E-state index contributed by atoms with van der Waals surface area (Å²) in [6.45, 7) is 12.8. The van der Waals surface area contributed by atoms with Gasteiger partial charge in [-0.1, -0.05) is 39.3 Å². The molecular weight excluding hydrogens is 524 g/mol. The topological polar surface area (TPSA) is 116 Å².